The van der Waals surface area contributed by atoms with Crippen molar-refractivity contribution in [1.82, 2.24) is 9.80 Å². The number of nitrogens with two attached hydrogens (primary N) is 1. The lowest BCUT2D eigenvalue weighted by Crippen LogP contribution is -2.52. The maximum atomic E-state index is 12.2. The van der Waals surface area contributed by atoms with E-state index >= 15 is 0 Å². The van der Waals surface area contributed by atoms with Gasteiger partial charge < -0.3 is 20.3 Å². The smallest absolute Gasteiger partial charge is 0.320 e. The van der Waals surface area contributed by atoms with Crippen LogP contribution in [0.5, 0.6) is 0 Å². The third-order valence-electron chi connectivity index (χ3n) is 3.49. The Bertz CT molecular complexity index is 250. The zero-order valence-electron chi connectivity index (χ0n) is 9.89. The summed E-state index contributed by atoms with van der Waals surface area (Å²) < 4.78 is 5.24. The first-order chi connectivity index (χ1) is 7.74. The van der Waals surface area contributed by atoms with Crippen LogP contribution in [0.1, 0.15) is 12.8 Å². The first-order valence-corrected chi connectivity index (χ1v) is 6.03. The van der Waals surface area contributed by atoms with Crippen molar-refractivity contribution in [3.8, 4) is 0 Å². The number of carbonyl (C=O) groups excluding carboxylic acids is 1. The van der Waals surface area contributed by atoms with E-state index in [1.807, 2.05) is 16.8 Å². The van der Waals surface area contributed by atoms with Gasteiger partial charge in [-0.3, -0.25) is 0 Å². The number of morpholine rings is 1. The minimum Gasteiger partial charge on any atom is -0.378 e. The van der Waals surface area contributed by atoms with E-state index in [0.29, 0.717) is 38.8 Å². The van der Waals surface area contributed by atoms with Crippen molar-refractivity contribution in [1.29, 1.82) is 0 Å². The van der Waals surface area contributed by atoms with E-state index in [0.717, 1.165) is 0 Å². The van der Waals surface area contributed by atoms with Crippen LogP contribution in [0.4, 0.5) is 4.79 Å². The van der Waals surface area contributed by atoms with Crippen molar-refractivity contribution in [2.45, 2.75) is 18.9 Å². The molecular formula is C11H21N3O2. The maximum absolute atomic E-state index is 12.2. The van der Waals surface area contributed by atoms with Gasteiger partial charge in [-0.1, -0.05) is 0 Å². The fourth-order valence-corrected chi connectivity index (χ4v) is 2.27. The van der Waals surface area contributed by atoms with Crippen molar-refractivity contribution in [2.24, 2.45) is 11.7 Å². The third kappa shape index (κ3) is 2.47. The number of hydrogen-bond donors (Lipinski definition) is 1. The van der Waals surface area contributed by atoms with Gasteiger partial charge in [-0.05, 0) is 18.8 Å². The highest BCUT2D eigenvalue weighted by Gasteiger charge is 2.36. The van der Waals surface area contributed by atoms with Crippen molar-refractivity contribution in [2.75, 3.05) is 39.9 Å². The Labute approximate surface area is 96.5 Å². The standard InChI is InChI=1S/C11H21N3O2/c1-13(10(8-12)9-2-3-9)11(15)14-4-6-16-7-5-14/h9-10H,2-8,12H2,1H3. The fourth-order valence-electron chi connectivity index (χ4n) is 2.27. The number of nitrogens with zero attached hydrogens (tertiary/aromatic N) is 2. The molecule has 1 aliphatic heterocycles. The van der Waals surface area contributed by atoms with Crippen LogP contribution < -0.4 is 5.73 Å². The van der Waals surface area contributed by atoms with Gasteiger partial charge in [0.2, 0.25) is 0 Å². The van der Waals surface area contributed by atoms with Gasteiger partial charge in [-0.2, -0.15) is 0 Å². The summed E-state index contributed by atoms with van der Waals surface area (Å²) in [5, 5.41) is 0. The van der Waals surface area contributed by atoms with Crippen LogP contribution in [0.25, 0.3) is 0 Å². The highest BCUT2D eigenvalue weighted by atomic mass is 16.5. The second-order valence-corrected chi connectivity index (χ2v) is 4.63. The third-order valence-corrected chi connectivity index (χ3v) is 3.49. The summed E-state index contributed by atoms with van der Waals surface area (Å²) in [5.41, 5.74) is 5.74. The van der Waals surface area contributed by atoms with Gasteiger partial charge in [0.25, 0.3) is 0 Å². The Kier molecular flexibility index (Phi) is 3.66. The molecule has 0 spiro atoms. The van der Waals surface area contributed by atoms with Crippen molar-refractivity contribution >= 4 is 6.03 Å². The summed E-state index contributed by atoms with van der Waals surface area (Å²) in [6.07, 6.45) is 2.42. The Morgan fingerprint density at radius 2 is 2.12 bits per heavy atom. The number of ether oxygens (including phenoxy) is 1. The average molecular weight is 227 g/mol. The van der Waals surface area contributed by atoms with Gasteiger partial charge in [0.1, 0.15) is 0 Å². The second kappa shape index (κ2) is 5.01. The molecule has 1 saturated carbocycles. The second-order valence-electron chi connectivity index (χ2n) is 4.63. The van der Waals surface area contributed by atoms with Gasteiger partial charge in [0.15, 0.2) is 0 Å². The quantitative estimate of drug-likeness (QED) is 0.744. The molecule has 2 amide bonds. The lowest BCUT2D eigenvalue weighted by molar-refractivity contribution is 0.0414. The van der Waals surface area contributed by atoms with Crippen molar-refractivity contribution in [3.05, 3.63) is 0 Å². The normalized spacial score (nSPS) is 23.0. The molecule has 2 rings (SSSR count). The van der Waals surface area contributed by atoms with E-state index in [1.54, 1.807) is 0 Å². The van der Waals surface area contributed by atoms with Gasteiger partial charge >= 0.3 is 6.03 Å². The molecule has 0 aromatic rings. The largest absolute Gasteiger partial charge is 0.378 e. The van der Waals surface area contributed by atoms with E-state index in [1.165, 1.54) is 12.8 Å². The molecule has 1 aliphatic carbocycles. The summed E-state index contributed by atoms with van der Waals surface area (Å²) in [6, 6.07) is 0.320. The van der Waals surface area contributed by atoms with E-state index in [-0.39, 0.29) is 12.1 Å². The zero-order valence-corrected chi connectivity index (χ0v) is 9.89. The van der Waals surface area contributed by atoms with Gasteiger partial charge in [-0.25, -0.2) is 4.79 Å². The first kappa shape index (κ1) is 11.7. The molecule has 0 aromatic heterocycles. The van der Waals surface area contributed by atoms with Gasteiger partial charge in [0, 0.05) is 32.7 Å². The zero-order chi connectivity index (χ0) is 11.5. The molecule has 92 valence electrons. The van der Waals surface area contributed by atoms with E-state index in [4.69, 9.17) is 10.5 Å². The van der Waals surface area contributed by atoms with E-state index in [2.05, 4.69) is 0 Å². The average Bonchev–Trinajstić information content (AvgIpc) is 3.14. The highest BCUT2D eigenvalue weighted by molar-refractivity contribution is 5.74. The fraction of sp³-hybridized carbons (Fsp3) is 0.909. The Morgan fingerprint density at radius 3 is 2.62 bits per heavy atom. The molecule has 2 fully saturated rings. The molecule has 1 unspecified atom stereocenters. The molecule has 5 heteroatoms. The molecular weight excluding hydrogens is 206 g/mol. The van der Waals surface area contributed by atoms with Gasteiger partial charge in [-0.15, -0.1) is 0 Å². The van der Waals surface area contributed by atoms with Crippen molar-refractivity contribution in [3.63, 3.8) is 0 Å². The molecule has 2 aliphatic rings. The number of hydrogen-bond acceptors (Lipinski definition) is 3. The Hall–Kier alpha value is -0.810. The van der Waals surface area contributed by atoms with Crippen LogP contribution in [0.3, 0.4) is 0 Å². The number of rotatable bonds is 3. The van der Waals surface area contributed by atoms with Gasteiger partial charge in [0.05, 0.1) is 13.2 Å². The summed E-state index contributed by atoms with van der Waals surface area (Å²) >= 11 is 0. The predicted molar refractivity (Wildman–Crippen MR) is 61.1 cm³/mol. The van der Waals surface area contributed by atoms with Crippen molar-refractivity contribution < 1.29 is 9.53 Å². The van der Waals surface area contributed by atoms with Crippen LogP contribution >= 0.6 is 0 Å². The SMILES string of the molecule is CN(C(=O)N1CCOCC1)C(CN)C1CC1. The van der Waals surface area contributed by atoms with Crippen LogP contribution in [-0.4, -0.2) is 61.8 Å². The number of urea groups is 1. The molecule has 2 N–H and O–H groups in total. The monoisotopic (exact) mass is 227 g/mol. The molecule has 0 radical (unpaired) electrons. The summed E-state index contributed by atoms with van der Waals surface area (Å²) in [7, 11) is 1.87. The lowest BCUT2D eigenvalue weighted by Gasteiger charge is -2.34. The van der Waals surface area contributed by atoms with E-state index in [9.17, 15) is 4.79 Å². The predicted octanol–water partition coefficient (Wildman–Crippen LogP) is 0.108. The lowest BCUT2D eigenvalue weighted by atomic mass is 10.1. The minimum absolute atomic E-state index is 0.102. The van der Waals surface area contributed by atoms with Crippen LogP contribution in [0, 0.1) is 5.92 Å². The van der Waals surface area contributed by atoms with Crippen LogP contribution in [0.15, 0.2) is 0 Å². The highest BCUT2D eigenvalue weighted by Crippen LogP contribution is 2.34. The summed E-state index contributed by atoms with van der Waals surface area (Å²) in [4.78, 5) is 15.8. The number of carbonyl (C=O) groups is 1. The van der Waals surface area contributed by atoms with Crippen LogP contribution in [0.2, 0.25) is 0 Å². The molecule has 1 heterocycles. The van der Waals surface area contributed by atoms with Crippen LogP contribution in [-0.2, 0) is 4.74 Å². The molecule has 0 aromatic carbocycles. The summed E-state index contributed by atoms with van der Waals surface area (Å²) in [6.45, 7) is 3.26. The molecule has 0 bridgehead atoms. The minimum atomic E-state index is 0.102. The first-order valence-electron chi connectivity index (χ1n) is 6.03. The molecule has 1 saturated heterocycles. The molecule has 1 atom stereocenters. The van der Waals surface area contributed by atoms with E-state index < -0.39 is 0 Å². The maximum Gasteiger partial charge on any atom is 0.320 e. The molecule has 5 nitrogen and oxygen atoms in total. The number of likely N-dealkylation sites (N-methyl/N-ethyl adjacent to an activating group) is 1. The number of amides is 2. The summed E-state index contributed by atoms with van der Waals surface area (Å²) in [5.74, 6) is 0.625. The Morgan fingerprint density at radius 1 is 1.50 bits per heavy atom. The Balaban J connectivity index is 1.91. The molecule has 16 heavy (non-hydrogen) atoms. The topological polar surface area (TPSA) is 58.8 Å².